The zero-order chi connectivity index (χ0) is 23.2. The fourth-order valence-corrected chi connectivity index (χ4v) is 3.84. The van der Waals surface area contributed by atoms with Crippen LogP contribution in [0.2, 0.25) is 0 Å². The Kier molecular flexibility index (Phi) is 6.73. The second kappa shape index (κ2) is 10.0. The van der Waals surface area contributed by atoms with Gasteiger partial charge in [0.05, 0.1) is 26.1 Å². The van der Waals surface area contributed by atoms with E-state index in [4.69, 9.17) is 9.47 Å². The Morgan fingerprint density at radius 2 is 1.33 bits per heavy atom. The Morgan fingerprint density at radius 3 is 1.73 bits per heavy atom. The molecule has 8 heteroatoms. The lowest BCUT2D eigenvalue weighted by atomic mass is 9.94. The molecule has 2 heterocycles. The second-order valence-corrected chi connectivity index (χ2v) is 7.67. The first-order valence-electron chi connectivity index (χ1n) is 10.5. The smallest absolute Gasteiger partial charge is 0.230 e. The Balaban J connectivity index is 1.52. The summed E-state index contributed by atoms with van der Waals surface area (Å²) in [4.78, 5) is 32.7. The van der Waals surface area contributed by atoms with Gasteiger partial charge in [0.15, 0.2) is 0 Å². The number of aromatic nitrogens is 1. The maximum absolute atomic E-state index is 13.2. The van der Waals surface area contributed by atoms with E-state index in [0.29, 0.717) is 41.8 Å². The number of nitrogens with zero attached hydrogens (tertiary/aromatic N) is 2. The third-order valence-corrected chi connectivity index (χ3v) is 5.63. The van der Waals surface area contributed by atoms with Crippen molar-refractivity contribution < 1.29 is 19.1 Å². The van der Waals surface area contributed by atoms with Crippen molar-refractivity contribution in [1.29, 1.82) is 0 Å². The summed E-state index contributed by atoms with van der Waals surface area (Å²) in [7, 11) is 3.17. The molecule has 1 aliphatic heterocycles. The van der Waals surface area contributed by atoms with E-state index >= 15 is 0 Å². The maximum Gasteiger partial charge on any atom is 0.230 e. The summed E-state index contributed by atoms with van der Waals surface area (Å²) in [5, 5.41) is 5.85. The molecule has 33 heavy (non-hydrogen) atoms. The molecule has 2 atom stereocenters. The summed E-state index contributed by atoms with van der Waals surface area (Å²) in [6.07, 6.45) is 1.58. The van der Waals surface area contributed by atoms with Gasteiger partial charge in [0.1, 0.15) is 17.3 Å². The summed E-state index contributed by atoms with van der Waals surface area (Å²) in [5.41, 5.74) is 1.28. The van der Waals surface area contributed by atoms with Crippen molar-refractivity contribution in [1.82, 2.24) is 4.98 Å². The quantitative estimate of drug-likeness (QED) is 0.580. The van der Waals surface area contributed by atoms with Crippen LogP contribution < -0.4 is 25.0 Å². The predicted octanol–water partition coefficient (Wildman–Crippen LogP) is 3.23. The SMILES string of the molecule is COc1ccc(NC(=O)C2CN(c3cc[c]cn3)CC2C(=O)Nc2ccc(OC)cc2)cc1. The molecule has 1 fully saturated rings. The molecule has 2 aromatic carbocycles. The van der Waals surface area contributed by atoms with Crippen LogP contribution in [0.15, 0.2) is 66.9 Å². The number of amides is 2. The Morgan fingerprint density at radius 1 is 0.848 bits per heavy atom. The standard InChI is InChI=1S/C25H25N4O4/c1-32-19-10-6-17(7-11-19)27-24(30)21-15-29(23-5-3-4-14-26-23)16-22(21)25(31)28-18-8-12-20(33-2)13-9-18/h3,5-14,21-22H,15-16H2,1-2H3,(H,27,30)(H,28,31). The minimum Gasteiger partial charge on any atom is -0.497 e. The van der Waals surface area contributed by atoms with E-state index in [-0.39, 0.29) is 11.8 Å². The average Bonchev–Trinajstić information content (AvgIpc) is 3.32. The van der Waals surface area contributed by atoms with Gasteiger partial charge in [0, 0.05) is 36.7 Å². The summed E-state index contributed by atoms with van der Waals surface area (Å²) >= 11 is 0. The lowest BCUT2D eigenvalue weighted by Gasteiger charge is -2.18. The van der Waals surface area contributed by atoms with E-state index in [2.05, 4.69) is 21.7 Å². The highest BCUT2D eigenvalue weighted by Crippen LogP contribution is 2.30. The van der Waals surface area contributed by atoms with Gasteiger partial charge in [0.2, 0.25) is 11.8 Å². The van der Waals surface area contributed by atoms with Gasteiger partial charge in [-0.05, 0) is 60.7 Å². The van der Waals surface area contributed by atoms with Crippen LogP contribution in [0.25, 0.3) is 0 Å². The number of hydrogen-bond donors (Lipinski definition) is 2. The van der Waals surface area contributed by atoms with Crippen LogP contribution in [-0.2, 0) is 9.59 Å². The number of carbonyl (C=O) groups excluding carboxylic acids is 2. The van der Waals surface area contributed by atoms with E-state index in [1.165, 1.54) is 0 Å². The number of rotatable bonds is 7. The van der Waals surface area contributed by atoms with Crippen LogP contribution in [0, 0.1) is 17.9 Å². The highest BCUT2D eigenvalue weighted by atomic mass is 16.5. The second-order valence-electron chi connectivity index (χ2n) is 7.67. The number of hydrogen-bond acceptors (Lipinski definition) is 6. The van der Waals surface area contributed by atoms with Crippen molar-refractivity contribution >= 4 is 29.0 Å². The zero-order valence-corrected chi connectivity index (χ0v) is 18.4. The Hall–Kier alpha value is -4.07. The van der Waals surface area contributed by atoms with E-state index in [1.54, 1.807) is 75.0 Å². The van der Waals surface area contributed by atoms with Gasteiger partial charge in [-0.1, -0.05) is 0 Å². The number of anilines is 3. The van der Waals surface area contributed by atoms with Crippen molar-refractivity contribution in [3.63, 3.8) is 0 Å². The Labute approximate surface area is 192 Å². The van der Waals surface area contributed by atoms with Crippen molar-refractivity contribution in [2.24, 2.45) is 11.8 Å². The average molecular weight is 445 g/mol. The first kappa shape index (κ1) is 22.1. The molecular formula is C25H25N4O4. The van der Waals surface area contributed by atoms with Crippen LogP contribution in [-0.4, -0.2) is 44.1 Å². The fourth-order valence-electron chi connectivity index (χ4n) is 3.84. The molecule has 1 saturated heterocycles. The van der Waals surface area contributed by atoms with E-state index in [0.717, 1.165) is 0 Å². The topological polar surface area (TPSA) is 92.8 Å². The first-order valence-corrected chi connectivity index (χ1v) is 10.5. The number of carbonyl (C=O) groups is 2. The van der Waals surface area contributed by atoms with E-state index in [9.17, 15) is 9.59 Å². The summed E-state index contributed by atoms with van der Waals surface area (Å²) < 4.78 is 10.3. The molecule has 2 N–H and O–H groups in total. The first-order chi connectivity index (χ1) is 16.1. The van der Waals surface area contributed by atoms with Crippen molar-refractivity contribution in [3.8, 4) is 11.5 Å². The summed E-state index contributed by atoms with van der Waals surface area (Å²) in [6, 6.07) is 20.6. The fraction of sp³-hybridized carbons (Fsp3) is 0.240. The third-order valence-electron chi connectivity index (χ3n) is 5.63. The third kappa shape index (κ3) is 5.23. The van der Waals surface area contributed by atoms with Crippen LogP contribution in [0.3, 0.4) is 0 Å². The number of ether oxygens (including phenoxy) is 2. The molecule has 1 aliphatic rings. The number of nitrogens with one attached hydrogen (secondary N) is 2. The highest BCUT2D eigenvalue weighted by Gasteiger charge is 2.42. The molecule has 0 bridgehead atoms. The minimum absolute atomic E-state index is 0.222. The van der Waals surface area contributed by atoms with Crippen molar-refractivity contribution in [2.75, 3.05) is 42.8 Å². The lowest BCUT2D eigenvalue weighted by molar-refractivity contribution is -0.127. The van der Waals surface area contributed by atoms with Gasteiger partial charge in [-0.2, -0.15) is 0 Å². The zero-order valence-electron chi connectivity index (χ0n) is 18.4. The van der Waals surface area contributed by atoms with Gasteiger partial charge >= 0.3 is 0 Å². The molecule has 4 rings (SSSR count). The van der Waals surface area contributed by atoms with Crippen LogP contribution in [0.1, 0.15) is 0 Å². The van der Waals surface area contributed by atoms with E-state index in [1.807, 2.05) is 11.0 Å². The molecule has 8 nitrogen and oxygen atoms in total. The van der Waals surface area contributed by atoms with Gasteiger partial charge < -0.3 is 25.0 Å². The molecule has 2 unspecified atom stereocenters. The molecule has 0 aliphatic carbocycles. The molecule has 169 valence electrons. The number of methoxy groups -OCH3 is 2. The number of pyridine rings is 1. The van der Waals surface area contributed by atoms with E-state index < -0.39 is 11.8 Å². The van der Waals surface area contributed by atoms with Crippen LogP contribution in [0.5, 0.6) is 11.5 Å². The van der Waals surface area contributed by atoms with Gasteiger partial charge in [0.25, 0.3) is 0 Å². The molecule has 0 saturated carbocycles. The number of benzene rings is 2. The molecule has 0 spiro atoms. The minimum atomic E-state index is -0.559. The maximum atomic E-state index is 13.2. The van der Waals surface area contributed by atoms with Gasteiger partial charge in [-0.3, -0.25) is 9.59 Å². The summed E-state index contributed by atoms with van der Waals surface area (Å²) in [6.45, 7) is 0.749. The van der Waals surface area contributed by atoms with Crippen LogP contribution in [0.4, 0.5) is 17.2 Å². The largest absolute Gasteiger partial charge is 0.497 e. The summed E-state index contributed by atoms with van der Waals surface area (Å²) in [5.74, 6) is 0.538. The Bertz CT molecular complexity index is 1020. The van der Waals surface area contributed by atoms with Gasteiger partial charge in [-0.15, -0.1) is 0 Å². The van der Waals surface area contributed by atoms with Gasteiger partial charge in [-0.25, -0.2) is 4.98 Å². The van der Waals surface area contributed by atoms with Crippen molar-refractivity contribution in [3.05, 3.63) is 72.9 Å². The molecule has 1 aromatic heterocycles. The predicted molar refractivity (Wildman–Crippen MR) is 126 cm³/mol. The monoisotopic (exact) mass is 445 g/mol. The molecule has 1 radical (unpaired) electrons. The van der Waals surface area contributed by atoms with Crippen molar-refractivity contribution in [2.45, 2.75) is 0 Å². The highest BCUT2D eigenvalue weighted by molar-refractivity contribution is 6.01. The van der Waals surface area contributed by atoms with Crippen LogP contribution >= 0.6 is 0 Å². The molecule has 3 aromatic rings. The lowest BCUT2D eigenvalue weighted by Crippen LogP contribution is -2.35. The molecular weight excluding hydrogens is 420 g/mol. The molecule has 2 amide bonds. The normalized spacial score (nSPS) is 17.3.